The fraction of sp³-hybridized carbons (Fsp3) is 0.889. The maximum Gasteiger partial charge on any atom is 0.139 e. The van der Waals surface area contributed by atoms with Gasteiger partial charge in [0.05, 0.1) is 0 Å². The topological polar surface area (TPSA) is 6.25 Å². The van der Waals surface area contributed by atoms with Crippen LogP contribution in [0, 0.1) is 0 Å². The zero-order valence-electron chi connectivity index (χ0n) is 8.30. The van der Waals surface area contributed by atoms with E-state index >= 15 is 0 Å². The lowest BCUT2D eigenvalue weighted by Crippen LogP contribution is -2.12. The van der Waals surface area contributed by atoms with Crippen molar-refractivity contribution in [2.45, 2.75) is 19.3 Å². The molecule has 2 heteroatoms. The molecule has 0 aliphatic rings. The standard InChI is InChI=1S/C9H21N2/c1-10(2)8-6-5-7-9-11(3)4/h8H,5-7,9H2,1-4H3/q+1. The van der Waals surface area contributed by atoms with Crippen molar-refractivity contribution < 1.29 is 4.58 Å². The van der Waals surface area contributed by atoms with E-state index in [1.807, 2.05) is 0 Å². The first-order chi connectivity index (χ1) is 5.13. The van der Waals surface area contributed by atoms with Crippen molar-refractivity contribution in [2.24, 2.45) is 0 Å². The van der Waals surface area contributed by atoms with Crippen molar-refractivity contribution in [3.8, 4) is 0 Å². The van der Waals surface area contributed by atoms with E-state index in [1.165, 1.54) is 25.8 Å². The monoisotopic (exact) mass is 157 g/mol. The molecule has 0 heterocycles. The van der Waals surface area contributed by atoms with E-state index < -0.39 is 0 Å². The van der Waals surface area contributed by atoms with Gasteiger partial charge < -0.3 is 4.90 Å². The molecule has 0 saturated carbocycles. The van der Waals surface area contributed by atoms with Crippen LogP contribution < -0.4 is 0 Å². The van der Waals surface area contributed by atoms with E-state index in [4.69, 9.17) is 0 Å². The van der Waals surface area contributed by atoms with Gasteiger partial charge in [-0.3, -0.25) is 0 Å². The summed E-state index contributed by atoms with van der Waals surface area (Å²) in [6.07, 6.45) is 6.05. The Morgan fingerprint density at radius 1 is 1.18 bits per heavy atom. The van der Waals surface area contributed by atoms with Crippen LogP contribution in [0.1, 0.15) is 19.3 Å². The quantitative estimate of drug-likeness (QED) is 0.328. The Hall–Kier alpha value is -0.370. The van der Waals surface area contributed by atoms with Crippen molar-refractivity contribution in [1.29, 1.82) is 0 Å². The Kier molecular flexibility index (Phi) is 6.13. The average molecular weight is 157 g/mol. The van der Waals surface area contributed by atoms with Crippen LogP contribution in [0.25, 0.3) is 0 Å². The summed E-state index contributed by atoms with van der Waals surface area (Å²) in [5.41, 5.74) is 0. The molecule has 66 valence electrons. The Morgan fingerprint density at radius 2 is 1.82 bits per heavy atom. The van der Waals surface area contributed by atoms with Crippen molar-refractivity contribution in [3.63, 3.8) is 0 Å². The second-order valence-corrected chi connectivity index (χ2v) is 3.45. The normalized spacial score (nSPS) is 10.3. The summed E-state index contributed by atoms with van der Waals surface area (Å²) in [4.78, 5) is 2.23. The molecule has 0 aliphatic heterocycles. The van der Waals surface area contributed by atoms with E-state index in [-0.39, 0.29) is 0 Å². The molecule has 0 N–H and O–H groups in total. The number of nitrogens with zero attached hydrogens (tertiary/aromatic N) is 2. The van der Waals surface area contributed by atoms with Crippen molar-refractivity contribution in [3.05, 3.63) is 0 Å². The highest BCUT2D eigenvalue weighted by molar-refractivity contribution is 5.50. The third-order valence-corrected chi connectivity index (χ3v) is 1.55. The number of rotatable bonds is 5. The first-order valence-corrected chi connectivity index (χ1v) is 4.27. The van der Waals surface area contributed by atoms with Gasteiger partial charge in [-0.05, 0) is 33.5 Å². The summed E-state index contributed by atoms with van der Waals surface area (Å²) in [5.74, 6) is 0. The Bertz CT molecular complexity index is 113. The van der Waals surface area contributed by atoms with Gasteiger partial charge in [-0.25, -0.2) is 4.58 Å². The van der Waals surface area contributed by atoms with Gasteiger partial charge in [0, 0.05) is 6.42 Å². The molecular weight excluding hydrogens is 136 g/mol. The molecule has 0 bridgehead atoms. The average Bonchev–Trinajstić information content (AvgIpc) is 1.85. The lowest BCUT2D eigenvalue weighted by molar-refractivity contribution is -0.460. The second-order valence-electron chi connectivity index (χ2n) is 3.45. The largest absolute Gasteiger partial charge is 0.309 e. The zero-order chi connectivity index (χ0) is 8.69. The van der Waals surface area contributed by atoms with Gasteiger partial charge in [0.1, 0.15) is 20.3 Å². The smallest absolute Gasteiger partial charge is 0.139 e. The van der Waals surface area contributed by atoms with Crippen molar-refractivity contribution in [1.82, 2.24) is 4.90 Å². The predicted octanol–water partition coefficient (Wildman–Crippen LogP) is 1.06. The van der Waals surface area contributed by atoms with Crippen LogP contribution in [-0.4, -0.2) is 50.4 Å². The van der Waals surface area contributed by atoms with Crippen molar-refractivity contribution >= 4 is 6.21 Å². The zero-order valence-corrected chi connectivity index (χ0v) is 8.30. The maximum absolute atomic E-state index is 2.23. The highest BCUT2D eigenvalue weighted by Crippen LogP contribution is 1.93. The number of hydrogen-bond acceptors (Lipinski definition) is 1. The van der Waals surface area contributed by atoms with Gasteiger partial charge in [0.15, 0.2) is 0 Å². The third-order valence-electron chi connectivity index (χ3n) is 1.55. The SMILES string of the molecule is CN(C)CCCCC=[N+](C)C. The lowest BCUT2D eigenvalue weighted by atomic mass is 10.2. The highest BCUT2D eigenvalue weighted by atomic mass is 15.0. The number of unbranched alkanes of at least 4 members (excludes halogenated alkanes) is 2. The van der Waals surface area contributed by atoms with E-state index in [0.717, 1.165) is 0 Å². The van der Waals surface area contributed by atoms with Gasteiger partial charge in [0.2, 0.25) is 0 Å². The Morgan fingerprint density at radius 3 is 2.27 bits per heavy atom. The fourth-order valence-corrected chi connectivity index (χ4v) is 0.922. The van der Waals surface area contributed by atoms with Gasteiger partial charge in [-0.15, -0.1) is 0 Å². The first kappa shape index (κ1) is 10.6. The molecular formula is C9H21N2+. The van der Waals surface area contributed by atoms with Gasteiger partial charge in [-0.1, -0.05) is 0 Å². The van der Waals surface area contributed by atoms with E-state index in [0.29, 0.717) is 0 Å². The second kappa shape index (κ2) is 6.35. The van der Waals surface area contributed by atoms with Crippen LogP contribution in [0.3, 0.4) is 0 Å². The van der Waals surface area contributed by atoms with Gasteiger partial charge >= 0.3 is 0 Å². The van der Waals surface area contributed by atoms with Crippen LogP contribution in [-0.2, 0) is 0 Å². The molecule has 0 aliphatic carbocycles. The van der Waals surface area contributed by atoms with Crippen LogP contribution in [0.2, 0.25) is 0 Å². The molecule has 0 atom stereocenters. The van der Waals surface area contributed by atoms with Crippen LogP contribution in [0.15, 0.2) is 0 Å². The molecule has 0 aromatic carbocycles. The summed E-state index contributed by atoms with van der Waals surface area (Å²) < 4.78 is 2.12. The first-order valence-electron chi connectivity index (χ1n) is 4.27. The fourth-order valence-electron chi connectivity index (χ4n) is 0.922. The summed E-state index contributed by atoms with van der Waals surface area (Å²) in [6, 6.07) is 0. The van der Waals surface area contributed by atoms with Crippen LogP contribution in [0.5, 0.6) is 0 Å². The lowest BCUT2D eigenvalue weighted by Gasteiger charge is -2.06. The molecule has 0 radical (unpaired) electrons. The van der Waals surface area contributed by atoms with E-state index in [1.54, 1.807) is 0 Å². The van der Waals surface area contributed by atoms with Crippen LogP contribution in [0.4, 0.5) is 0 Å². The molecule has 0 aromatic heterocycles. The third kappa shape index (κ3) is 9.63. The number of hydrogen-bond donors (Lipinski definition) is 0. The Balaban J connectivity index is 3.09. The van der Waals surface area contributed by atoms with Crippen molar-refractivity contribution in [2.75, 3.05) is 34.7 Å². The minimum atomic E-state index is 1.21. The highest BCUT2D eigenvalue weighted by Gasteiger charge is 1.91. The van der Waals surface area contributed by atoms with E-state index in [2.05, 4.69) is 43.9 Å². The molecule has 0 aromatic rings. The summed E-state index contributed by atoms with van der Waals surface area (Å²) in [6.45, 7) is 1.21. The maximum atomic E-state index is 2.23. The van der Waals surface area contributed by atoms with Gasteiger partial charge in [-0.2, -0.15) is 0 Å². The molecule has 0 unspecified atom stereocenters. The molecule has 0 saturated heterocycles. The summed E-state index contributed by atoms with van der Waals surface area (Å²) >= 11 is 0. The molecule has 0 rings (SSSR count). The Labute approximate surface area is 70.5 Å². The van der Waals surface area contributed by atoms with Crippen LogP contribution >= 0.6 is 0 Å². The minimum Gasteiger partial charge on any atom is -0.309 e. The summed E-state index contributed by atoms with van der Waals surface area (Å²) in [7, 11) is 8.39. The molecule has 2 nitrogen and oxygen atoms in total. The minimum absolute atomic E-state index is 1.21. The van der Waals surface area contributed by atoms with Gasteiger partial charge in [0.25, 0.3) is 0 Å². The summed E-state index contributed by atoms with van der Waals surface area (Å²) in [5, 5.41) is 0. The molecule has 0 amide bonds. The molecule has 11 heavy (non-hydrogen) atoms. The van der Waals surface area contributed by atoms with E-state index in [9.17, 15) is 0 Å². The molecule has 0 fully saturated rings. The molecule has 0 spiro atoms. The predicted molar refractivity (Wildman–Crippen MR) is 50.6 cm³/mol.